The predicted octanol–water partition coefficient (Wildman–Crippen LogP) is 1.34. The molecule has 0 aliphatic rings. The van der Waals surface area contributed by atoms with Gasteiger partial charge in [0.2, 0.25) is 0 Å². The molecule has 0 amide bonds. The van der Waals surface area contributed by atoms with Gasteiger partial charge in [0.15, 0.2) is 0 Å². The van der Waals surface area contributed by atoms with Crippen LogP contribution in [0.3, 0.4) is 0 Å². The van der Waals surface area contributed by atoms with Crippen molar-refractivity contribution < 1.29 is 0 Å². The molecule has 0 saturated carbocycles. The molecule has 86 valence electrons. The lowest BCUT2D eigenvalue weighted by atomic mass is 10.3. The van der Waals surface area contributed by atoms with Gasteiger partial charge in [-0.25, -0.2) is 0 Å². The van der Waals surface area contributed by atoms with Gasteiger partial charge in [0.05, 0.1) is 0 Å². The van der Waals surface area contributed by atoms with Crippen molar-refractivity contribution in [1.29, 1.82) is 0 Å². The van der Waals surface area contributed by atoms with Crippen LogP contribution in [0.2, 0.25) is 0 Å². The number of hydrogen-bond acceptors (Lipinski definition) is 4. The number of hydrogen-bond donors (Lipinski definition) is 4. The first-order chi connectivity index (χ1) is 7.41. The molecule has 0 aliphatic carbocycles. The Bertz CT molecular complexity index is 340. The quantitative estimate of drug-likeness (QED) is 0.444. The van der Waals surface area contributed by atoms with Gasteiger partial charge in [-0.2, -0.15) is 0 Å². The number of benzene rings is 1. The van der Waals surface area contributed by atoms with Gasteiger partial charge in [-0.3, -0.25) is 0 Å². The SMILES string of the molecule is C=C(N)/C=C\C(=C)N.Nc1ccc(N)cc1. The van der Waals surface area contributed by atoms with Crippen molar-refractivity contribution in [3.05, 3.63) is 61.0 Å². The molecule has 0 saturated heterocycles. The van der Waals surface area contributed by atoms with Crippen molar-refractivity contribution in [2.75, 3.05) is 11.5 Å². The maximum Gasteiger partial charge on any atom is 0.0315 e. The maximum absolute atomic E-state index is 5.37. The maximum atomic E-state index is 5.37. The monoisotopic (exact) mass is 218 g/mol. The van der Waals surface area contributed by atoms with E-state index in [0.29, 0.717) is 11.4 Å². The third kappa shape index (κ3) is 8.25. The molecule has 0 fully saturated rings. The first kappa shape index (κ1) is 13.6. The highest BCUT2D eigenvalue weighted by Gasteiger charge is 1.80. The summed E-state index contributed by atoms with van der Waals surface area (Å²) in [5, 5.41) is 0. The fourth-order valence-electron chi connectivity index (χ4n) is 0.710. The van der Waals surface area contributed by atoms with Gasteiger partial charge in [-0.05, 0) is 36.4 Å². The molecule has 0 unspecified atom stereocenters. The Morgan fingerprint density at radius 1 is 0.812 bits per heavy atom. The molecule has 0 heterocycles. The molecule has 16 heavy (non-hydrogen) atoms. The smallest absolute Gasteiger partial charge is 0.0315 e. The van der Waals surface area contributed by atoms with Gasteiger partial charge in [0, 0.05) is 22.8 Å². The fraction of sp³-hybridized carbons (Fsp3) is 0. The summed E-state index contributed by atoms with van der Waals surface area (Å²) in [7, 11) is 0. The minimum atomic E-state index is 0.483. The number of nitrogens with two attached hydrogens (primary N) is 4. The molecule has 1 rings (SSSR count). The Morgan fingerprint density at radius 2 is 1.06 bits per heavy atom. The Morgan fingerprint density at radius 3 is 1.25 bits per heavy atom. The van der Waals surface area contributed by atoms with E-state index in [2.05, 4.69) is 13.2 Å². The van der Waals surface area contributed by atoms with Crippen molar-refractivity contribution in [1.82, 2.24) is 0 Å². The van der Waals surface area contributed by atoms with Crippen LogP contribution in [0.1, 0.15) is 0 Å². The molecule has 0 aliphatic heterocycles. The summed E-state index contributed by atoms with van der Waals surface area (Å²) < 4.78 is 0. The Kier molecular flexibility index (Phi) is 5.97. The van der Waals surface area contributed by atoms with Crippen molar-refractivity contribution in [2.24, 2.45) is 11.5 Å². The molecule has 0 aromatic heterocycles. The van der Waals surface area contributed by atoms with Crippen LogP contribution in [-0.2, 0) is 0 Å². The van der Waals surface area contributed by atoms with E-state index in [4.69, 9.17) is 22.9 Å². The first-order valence-electron chi connectivity index (χ1n) is 4.59. The van der Waals surface area contributed by atoms with E-state index in [1.165, 1.54) is 0 Å². The first-order valence-corrected chi connectivity index (χ1v) is 4.59. The topological polar surface area (TPSA) is 104 Å². The highest BCUT2D eigenvalue weighted by atomic mass is 14.6. The lowest BCUT2D eigenvalue weighted by Crippen LogP contribution is -1.92. The van der Waals surface area contributed by atoms with Crippen LogP contribution in [0.25, 0.3) is 0 Å². The second-order valence-electron chi connectivity index (χ2n) is 3.15. The van der Waals surface area contributed by atoms with Crippen LogP contribution in [0.5, 0.6) is 0 Å². The molecule has 4 nitrogen and oxygen atoms in total. The molecule has 1 aromatic rings. The van der Waals surface area contributed by atoms with Crippen LogP contribution in [-0.4, -0.2) is 0 Å². The minimum absolute atomic E-state index is 0.483. The molecule has 0 atom stereocenters. The van der Waals surface area contributed by atoms with Gasteiger partial charge in [-0.15, -0.1) is 0 Å². The predicted molar refractivity (Wildman–Crippen MR) is 71.1 cm³/mol. The van der Waals surface area contributed by atoms with Crippen LogP contribution in [0.15, 0.2) is 61.0 Å². The van der Waals surface area contributed by atoms with Gasteiger partial charge in [0.25, 0.3) is 0 Å². The number of allylic oxidation sites excluding steroid dienone is 2. The van der Waals surface area contributed by atoms with Gasteiger partial charge in [-0.1, -0.05) is 13.2 Å². The zero-order valence-corrected chi connectivity index (χ0v) is 9.19. The fourth-order valence-corrected chi connectivity index (χ4v) is 0.710. The normalized spacial score (nSPS) is 9.25. The van der Waals surface area contributed by atoms with Gasteiger partial charge in [0.1, 0.15) is 0 Å². The average Bonchev–Trinajstić information content (AvgIpc) is 2.20. The van der Waals surface area contributed by atoms with E-state index >= 15 is 0 Å². The van der Waals surface area contributed by atoms with Crippen molar-refractivity contribution in [3.63, 3.8) is 0 Å². The third-order valence-corrected chi connectivity index (χ3v) is 1.45. The second kappa shape index (κ2) is 7.00. The zero-order chi connectivity index (χ0) is 12.6. The van der Waals surface area contributed by atoms with Crippen LogP contribution in [0, 0.1) is 0 Å². The van der Waals surface area contributed by atoms with E-state index < -0.39 is 0 Å². The molecular weight excluding hydrogens is 200 g/mol. The Labute approximate surface area is 95.9 Å². The number of rotatable bonds is 2. The molecule has 8 N–H and O–H groups in total. The average molecular weight is 218 g/mol. The second-order valence-corrected chi connectivity index (χ2v) is 3.15. The number of anilines is 2. The summed E-state index contributed by atoms with van der Waals surface area (Å²) in [6.45, 7) is 6.84. The molecule has 0 radical (unpaired) electrons. The van der Waals surface area contributed by atoms with E-state index in [9.17, 15) is 0 Å². The molecule has 0 bridgehead atoms. The summed E-state index contributed by atoms with van der Waals surface area (Å²) in [5.74, 6) is 0. The van der Waals surface area contributed by atoms with Crippen molar-refractivity contribution in [3.8, 4) is 0 Å². The molecule has 1 aromatic carbocycles. The Balaban J connectivity index is 0.000000281. The van der Waals surface area contributed by atoms with E-state index in [-0.39, 0.29) is 0 Å². The summed E-state index contributed by atoms with van der Waals surface area (Å²) in [6.07, 6.45) is 3.20. The standard InChI is InChI=1S/C6H8N2.C6H10N2/c7-5-1-2-6(8)4-3-5;1-5(7)3-4-6(2)8/h1-4H,7-8H2;3-4H,1-2,7-8H2/b;4-3-. The zero-order valence-electron chi connectivity index (χ0n) is 9.19. The van der Waals surface area contributed by atoms with Gasteiger partial charge >= 0.3 is 0 Å². The van der Waals surface area contributed by atoms with Crippen LogP contribution in [0.4, 0.5) is 11.4 Å². The summed E-state index contributed by atoms with van der Waals surface area (Å²) in [4.78, 5) is 0. The molecule has 0 spiro atoms. The highest BCUT2D eigenvalue weighted by Crippen LogP contribution is 2.04. The van der Waals surface area contributed by atoms with E-state index in [1.807, 2.05) is 0 Å². The largest absolute Gasteiger partial charge is 0.399 e. The lowest BCUT2D eigenvalue weighted by Gasteiger charge is -1.90. The lowest BCUT2D eigenvalue weighted by molar-refractivity contribution is 1.40. The third-order valence-electron chi connectivity index (χ3n) is 1.45. The van der Waals surface area contributed by atoms with Crippen molar-refractivity contribution in [2.45, 2.75) is 0 Å². The van der Waals surface area contributed by atoms with Crippen molar-refractivity contribution >= 4 is 11.4 Å². The van der Waals surface area contributed by atoms with Crippen LogP contribution < -0.4 is 22.9 Å². The molecular formula is C12H18N4. The van der Waals surface area contributed by atoms with E-state index in [0.717, 1.165) is 11.4 Å². The molecule has 4 heteroatoms. The van der Waals surface area contributed by atoms with Crippen LogP contribution >= 0.6 is 0 Å². The summed E-state index contributed by atoms with van der Waals surface area (Å²) in [6, 6.07) is 7.09. The minimum Gasteiger partial charge on any atom is -0.399 e. The Hall–Kier alpha value is -2.36. The van der Waals surface area contributed by atoms with Gasteiger partial charge < -0.3 is 22.9 Å². The highest BCUT2D eigenvalue weighted by molar-refractivity contribution is 5.47. The summed E-state index contributed by atoms with van der Waals surface area (Å²) in [5.41, 5.74) is 23.5. The number of nitrogen functional groups attached to an aromatic ring is 2. The van der Waals surface area contributed by atoms with E-state index in [1.54, 1.807) is 36.4 Å². The summed E-state index contributed by atoms with van der Waals surface area (Å²) >= 11 is 0.